The average molecular weight is 537 g/mol. The number of rotatable bonds is 7. The molecule has 0 fully saturated rings. The van der Waals surface area contributed by atoms with Crippen LogP contribution < -0.4 is 4.31 Å². The summed E-state index contributed by atoms with van der Waals surface area (Å²) in [5, 5.41) is 9.59. The number of hydrogen-bond acceptors (Lipinski definition) is 5. The van der Waals surface area contributed by atoms with Crippen LogP contribution in [0.2, 0.25) is 15.1 Å². The predicted octanol–water partition coefficient (Wildman–Crippen LogP) is 6.63. The molecule has 176 valence electrons. The van der Waals surface area contributed by atoms with Crippen LogP contribution in [0.25, 0.3) is 0 Å². The molecule has 0 radical (unpaired) electrons. The Morgan fingerprint density at radius 2 is 1.59 bits per heavy atom. The van der Waals surface area contributed by atoms with E-state index in [-0.39, 0.29) is 23.8 Å². The van der Waals surface area contributed by atoms with Crippen molar-refractivity contribution in [1.29, 1.82) is 0 Å². The average Bonchev–Trinajstić information content (AvgIpc) is 3.23. The lowest BCUT2D eigenvalue weighted by Gasteiger charge is -2.25. The van der Waals surface area contributed by atoms with Crippen molar-refractivity contribution in [2.45, 2.75) is 31.7 Å². The van der Waals surface area contributed by atoms with Gasteiger partial charge in [0.25, 0.3) is 10.0 Å². The molecule has 4 aromatic rings. The van der Waals surface area contributed by atoms with Crippen molar-refractivity contribution in [2.24, 2.45) is 0 Å². The zero-order valence-electron chi connectivity index (χ0n) is 18.3. The molecule has 1 aromatic heterocycles. The highest BCUT2D eigenvalue weighted by Crippen LogP contribution is 2.32. The molecular formula is C24H20Cl3N3O3S. The van der Waals surface area contributed by atoms with Crippen LogP contribution in [0.4, 0.5) is 5.69 Å². The number of anilines is 1. The Hall–Kier alpha value is -2.58. The molecule has 0 aliphatic carbocycles. The van der Waals surface area contributed by atoms with Gasteiger partial charge in [0.2, 0.25) is 11.8 Å². The van der Waals surface area contributed by atoms with Gasteiger partial charge in [-0.1, -0.05) is 64.6 Å². The summed E-state index contributed by atoms with van der Waals surface area (Å²) in [5.41, 5.74) is 2.75. The lowest BCUT2D eigenvalue weighted by Crippen LogP contribution is -2.31. The highest BCUT2D eigenvalue weighted by molar-refractivity contribution is 7.92. The molecule has 0 atom stereocenters. The van der Waals surface area contributed by atoms with E-state index < -0.39 is 10.0 Å². The topological polar surface area (TPSA) is 76.3 Å². The molecule has 1 heterocycles. The monoisotopic (exact) mass is 535 g/mol. The second-order valence-electron chi connectivity index (χ2n) is 7.71. The van der Waals surface area contributed by atoms with Crippen LogP contribution in [0.1, 0.15) is 28.5 Å². The van der Waals surface area contributed by atoms with Crippen LogP contribution in [0.15, 0.2) is 70.0 Å². The van der Waals surface area contributed by atoms with Gasteiger partial charge < -0.3 is 4.42 Å². The summed E-state index contributed by atoms with van der Waals surface area (Å²) in [7, 11) is -3.96. The Bertz CT molecular complexity index is 1440. The fourth-order valence-electron chi connectivity index (χ4n) is 3.38. The molecule has 6 nitrogen and oxygen atoms in total. The highest BCUT2D eigenvalue weighted by atomic mass is 35.5. The molecule has 10 heteroatoms. The van der Waals surface area contributed by atoms with E-state index in [2.05, 4.69) is 10.2 Å². The van der Waals surface area contributed by atoms with Crippen LogP contribution in [0.5, 0.6) is 0 Å². The summed E-state index contributed by atoms with van der Waals surface area (Å²) in [6, 6.07) is 16.9. The van der Waals surface area contributed by atoms with Crippen molar-refractivity contribution in [3.63, 3.8) is 0 Å². The van der Waals surface area contributed by atoms with Crippen molar-refractivity contribution < 1.29 is 12.8 Å². The molecule has 0 aliphatic rings. The quantitative estimate of drug-likeness (QED) is 0.265. The van der Waals surface area contributed by atoms with Crippen LogP contribution in [-0.2, 0) is 23.0 Å². The molecule has 0 N–H and O–H groups in total. The minimum Gasteiger partial charge on any atom is -0.423 e. The number of aromatic nitrogens is 2. The molecule has 4 rings (SSSR count). The number of sulfonamides is 1. The van der Waals surface area contributed by atoms with Crippen molar-refractivity contribution >= 4 is 50.5 Å². The molecule has 34 heavy (non-hydrogen) atoms. The molecule has 0 aliphatic heterocycles. The van der Waals surface area contributed by atoms with Crippen LogP contribution in [0, 0.1) is 13.8 Å². The van der Waals surface area contributed by atoms with Crippen LogP contribution >= 0.6 is 34.8 Å². The number of hydrogen-bond donors (Lipinski definition) is 0. The lowest BCUT2D eigenvalue weighted by molar-refractivity contribution is 0.458. The second kappa shape index (κ2) is 9.96. The molecule has 0 unspecified atom stereocenters. The first-order valence-corrected chi connectivity index (χ1v) is 12.8. The Morgan fingerprint density at radius 3 is 2.29 bits per heavy atom. The maximum absolute atomic E-state index is 13.6. The molecule has 0 bridgehead atoms. The summed E-state index contributed by atoms with van der Waals surface area (Å²) < 4.78 is 34.3. The third kappa shape index (κ3) is 5.23. The summed E-state index contributed by atoms with van der Waals surface area (Å²) >= 11 is 18.5. The van der Waals surface area contributed by atoms with Gasteiger partial charge in [-0.3, -0.25) is 4.31 Å². The first-order valence-electron chi connectivity index (χ1n) is 10.2. The standard InChI is InChI=1S/C24H20Cl3N3O3S/c1-15-6-10-19(11-7-15)34(31,32)30(22-5-3-4-20(26)16(22)2)14-24-29-28-23(33-24)12-17-8-9-18(25)13-21(17)27/h3-11,13H,12,14H2,1-2H3. The van der Waals surface area contributed by atoms with E-state index in [1.165, 1.54) is 4.31 Å². The van der Waals surface area contributed by atoms with Gasteiger partial charge in [-0.15, -0.1) is 10.2 Å². The van der Waals surface area contributed by atoms with Gasteiger partial charge in [0.05, 0.1) is 17.0 Å². The molecule has 0 saturated heterocycles. The number of nitrogens with zero attached hydrogens (tertiary/aromatic N) is 3. The molecule has 0 amide bonds. The Kier molecular flexibility index (Phi) is 7.19. The van der Waals surface area contributed by atoms with Crippen molar-refractivity contribution in [3.05, 3.63) is 104 Å². The smallest absolute Gasteiger partial charge is 0.264 e. The van der Waals surface area contributed by atoms with E-state index in [0.29, 0.717) is 32.2 Å². The summed E-state index contributed by atoms with van der Waals surface area (Å²) in [4.78, 5) is 0.144. The first kappa shape index (κ1) is 24.5. The number of aryl methyl sites for hydroxylation is 1. The van der Waals surface area contributed by atoms with Gasteiger partial charge >= 0.3 is 0 Å². The number of benzene rings is 3. The Balaban J connectivity index is 1.69. The van der Waals surface area contributed by atoms with E-state index in [1.54, 1.807) is 67.6 Å². The maximum atomic E-state index is 13.6. The van der Waals surface area contributed by atoms with Gasteiger partial charge in [-0.2, -0.15) is 0 Å². The minimum absolute atomic E-state index is 0.134. The SMILES string of the molecule is Cc1ccc(S(=O)(=O)N(Cc2nnc(Cc3ccc(Cl)cc3Cl)o2)c2cccc(Cl)c2C)cc1. The summed E-state index contributed by atoms with van der Waals surface area (Å²) in [5.74, 6) is 0.435. The zero-order chi connectivity index (χ0) is 24.5. The van der Waals surface area contributed by atoms with E-state index in [0.717, 1.165) is 11.1 Å². The van der Waals surface area contributed by atoms with E-state index in [1.807, 2.05) is 6.92 Å². The first-order chi connectivity index (χ1) is 16.1. The number of halogens is 3. The van der Waals surface area contributed by atoms with Crippen molar-refractivity contribution in [3.8, 4) is 0 Å². The van der Waals surface area contributed by atoms with E-state index >= 15 is 0 Å². The van der Waals surface area contributed by atoms with E-state index in [4.69, 9.17) is 39.2 Å². The highest BCUT2D eigenvalue weighted by Gasteiger charge is 2.29. The zero-order valence-corrected chi connectivity index (χ0v) is 21.4. The largest absolute Gasteiger partial charge is 0.423 e. The van der Waals surface area contributed by atoms with Crippen LogP contribution in [-0.4, -0.2) is 18.6 Å². The van der Waals surface area contributed by atoms with Gasteiger partial charge in [0.1, 0.15) is 6.54 Å². The fraction of sp³-hybridized carbons (Fsp3) is 0.167. The lowest BCUT2D eigenvalue weighted by atomic mass is 10.1. The summed E-state index contributed by atoms with van der Waals surface area (Å²) in [6.45, 7) is 3.48. The van der Waals surface area contributed by atoms with E-state index in [9.17, 15) is 8.42 Å². The molecule has 0 saturated carbocycles. The van der Waals surface area contributed by atoms with Crippen molar-refractivity contribution in [2.75, 3.05) is 4.31 Å². The fourth-order valence-corrected chi connectivity index (χ4v) is 5.49. The van der Waals surface area contributed by atoms with Crippen LogP contribution in [0.3, 0.4) is 0 Å². The second-order valence-corrected chi connectivity index (χ2v) is 10.8. The van der Waals surface area contributed by atoms with Gasteiger partial charge in [-0.25, -0.2) is 8.42 Å². The molecular weight excluding hydrogens is 517 g/mol. The third-order valence-corrected chi connectivity index (χ3v) is 8.03. The third-order valence-electron chi connectivity index (χ3n) is 5.26. The van der Waals surface area contributed by atoms with Gasteiger partial charge in [-0.05, 0) is 61.4 Å². The predicted molar refractivity (Wildman–Crippen MR) is 134 cm³/mol. The van der Waals surface area contributed by atoms with Crippen molar-refractivity contribution in [1.82, 2.24) is 10.2 Å². The Morgan fingerprint density at radius 1 is 0.882 bits per heavy atom. The van der Waals surface area contributed by atoms with Gasteiger partial charge in [0, 0.05) is 15.1 Å². The Labute approximate surface area is 213 Å². The summed E-state index contributed by atoms with van der Waals surface area (Å²) in [6.07, 6.45) is 0.282. The van der Waals surface area contributed by atoms with Gasteiger partial charge in [0.15, 0.2) is 0 Å². The normalized spacial score (nSPS) is 11.6. The maximum Gasteiger partial charge on any atom is 0.264 e. The minimum atomic E-state index is -3.96. The molecule has 3 aromatic carbocycles. The molecule has 0 spiro atoms.